The summed E-state index contributed by atoms with van der Waals surface area (Å²) in [7, 11) is 0. The van der Waals surface area contributed by atoms with Gasteiger partial charge in [-0.2, -0.15) is 0 Å². The molecule has 1 aromatic heterocycles. The van der Waals surface area contributed by atoms with Gasteiger partial charge in [0, 0.05) is 0 Å². The molecule has 4 aromatic rings. The Morgan fingerprint density at radius 1 is 0.925 bits per heavy atom. The van der Waals surface area contributed by atoms with E-state index in [4.69, 9.17) is 27.4 Å². The standard InChI is InChI=1S/C28H27N5O5S2/c29-23(15-19-11-13-22(14-12-19)37-17-20-7-3-1-4-8-20)25(35)33(16-24(34)30-26-31-32-27(39)40-26)28(36)38-18-21-9-5-2-6-10-21/h1-14,23H,15-18,29H2,(H,32,39)(H,30,31,34)/t23-/m0/s1. The minimum absolute atomic E-state index is 0.0779. The maximum absolute atomic E-state index is 13.3. The van der Waals surface area contributed by atoms with Crippen LogP contribution in [0, 0.1) is 3.95 Å². The van der Waals surface area contributed by atoms with Gasteiger partial charge in [0.15, 0.2) is 3.95 Å². The molecule has 4 N–H and O–H groups in total. The highest BCUT2D eigenvalue weighted by atomic mass is 32.1. The van der Waals surface area contributed by atoms with Crippen LogP contribution in [0.3, 0.4) is 0 Å². The summed E-state index contributed by atoms with van der Waals surface area (Å²) in [5.74, 6) is -0.751. The van der Waals surface area contributed by atoms with Gasteiger partial charge >= 0.3 is 6.09 Å². The van der Waals surface area contributed by atoms with Gasteiger partial charge in [-0.3, -0.25) is 20.0 Å². The van der Waals surface area contributed by atoms with E-state index < -0.39 is 30.5 Å². The van der Waals surface area contributed by atoms with E-state index in [-0.39, 0.29) is 18.2 Å². The van der Waals surface area contributed by atoms with Crippen LogP contribution in [0.2, 0.25) is 0 Å². The number of nitrogens with two attached hydrogens (primary N) is 1. The summed E-state index contributed by atoms with van der Waals surface area (Å²) in [6, 6.07) is 24.8. The second kappa shape index (κ2) is 14.1. The molecule has 0 bridgehead atoms. The molecule has 10 nitrogen and oxygen atoms in total. The lowest BCUT2D eigenvalue weighted by Crippen LogP contribution is -2.50. The molecule has 0 aliphatic carbocycles. The van der Waals surface area contributed by atoms with Crippen LogP contribution in [0.4, 0.5) is 9.93 Å². The van der Waals surface area contributed by atoms with Gasteiger partial charge in [-0.05, 0) is 47.5 Å². The number of H-pyrrole nitrogens is 1. The van der Waals surface area contributed by atoms with E-state index in [1.165, 1.54) is 0 Å². The molecule has 4 rings (SSSR count). The van der Waals surface area contributed by atoms with Crippen molar-refractivity contribution in [1.82, 2.24) is 15.1 Å². The molecule has 3 amide bonds. The summed E-state index contributed by atoms with van der Waals surface area (Å²) in [5, 5.41) is 9.12. The van der Waals surface area contributed by atoms with Gasteiger partial charge < -0.3 is 15.2 Å². The van der Waals surface area contributed by atoms with Crippen molar-refractivity contribution in [2.24, 2.45) is 5.73 Å². The molecule has 40 heavy (non-hydrogen) atoms. The molecule has 0 saturated carbocycles. The van der Waals surface area contributed by atoms with Crippen molar-refractivity contribution in [2.75, 3.05) is 11.9 Å². The second-order valence-corrected chi connectivity index (χ2v) is 10.3. The van der Waals surface area contributed by atoms with E-state index in [9.17, 15) is 14.4 Å². The highest BCUT2D eigenvalue weighted by Crippen LogP contribution is 2.16. The molecule has 0 saturated heterocycles. The maximum atomic E-state index is 13.3. The quantitative estimate of drug-likeness (QED) is 0.222. The molecule has 1 atom stereocenters. The zero-order valence-corrected chi connectivity index (χ0v) is 23.0. The summed E-state index contributed by atoms with van der Waals surface area (Å²) in [6.45, 7) is -0.267. The molecule has 0 spiro atoms. The fourth-order valence-electron chi connectivity index (χ4n) is 3.62. The van der Waals surface area contributed by atoms with E-state index in [1.807, 2.05) is 36.4 Å². The summed E-state index contributed by atoms with van der Waals surface area (Å²) in [5.41, 5.74) is 8.73. The number of aromatic nitrogens is 2. The first-order valence-corrected chi connectivity index (χ1v) is 13.5. The number of carbonyl (C=O) groups excluding carboxylic acids is 3. The number of benzene rings is 3. The molecule has 206 valence electrons. The van der Waals surface area contributed by atoms with E-state index >= 15 is 0 Å². The largest absolute Gasteiger partial charge is 0.489 e. The first-order valence-electron chi connectivity index (χ1n) is 12.3. The highest BCUT2D eigenvalue weighted by molar-refractivity contribution is 7.73. The van der Waals surface area contributed by atoms with Crippen LogP contribution in [0.15, 0.2) is 84.9 Å². The van der Waals surface area contributed by atoms with Gasteiger partial charge in [-0.15, -0.1) is 5.10 Å². The Balaban J connectivity index is 1.39. The highest BCUT2D eigenvalue weighted by Gasteiger charge is 2.30. The monoisotopic (exact) mass is 577 g/mol. The number of aromatic amines is 1. The van der Waals surface area contributed by atoms with Crippen LogP contribution < -0.4 is 15.8 Å². The Hall–Kier alpha value is -4.39. The molecule has 0 aliphatic heterocycles. The zero-order chi connectivity index (χ0) is 28.3. The number of amides is 3. The van der Waals surface area contributed by atoms with Crippen LogP contribution in [-0.2, 0) is 34.0 Å². The number of imide groups is 1. The number of nitrogens with zero attached hydrogens (tertiary/aromatic N) is 2. The van der Waals surface area contributed by atoms with E-state index in [1.54, 1.807) is 48.5 Å². The maximum Gasteiger partial charge on any atom is 0.417 e. The van der Waals surface area contributed by atoms with Crippen LogP contribution in [0.25, 0.3) is 0 Å². The number of hydrogen-bond acceptors (Lipinski definition) is 9. The minimum atomic E-state index is -1.11. The van der Waals surface area contributed by atoms with E-state index in [0.29, 0.717) is 21.2 Å². The van der Waals surface area contributed by atoms with Gasteiger partial charge in [-0.1, -0.05) is 84.1 Å². The topological polar surface area (TPSA) is 140 Å². The van der Waals surface area contributed by atoms with Crippen LogP contribution in [0.1, 0.15) is 16.7 Å². The molecular formula is C28H27N5O5S2. The number of anilines is 1. The molecule has 1 heterocycles. The summed E-state index contributed by atoms with van der Waals surface area (Å²) < 4.78 is 11.5. The van der Waals surface area contributed by atoms with Crippen molar-refractivity contribution in [3.8, 4) is 5.75 Å². The fraction of sp³-hybridized carbons (Fsp3) is 0.179. The molecule has 0 radical (unpaired) electrons. The van der Waals surface area contributed by atoms with Gasteiger partial charge in [0.25, 0.3) is 0 Å². The summed E-state index contributed by atoms with van der Waals surface area (Å²) in [4.78, 5) is 39.6. The van der Waals surface area contributed by atoms with E-state index in [0.717, 1.165) is 28.0 Å². The van der Waals surface area contributed by atoms with Gasteiger partial charge in [-0.25, -0.2) is 9.69 Å². The molecule has 0 aliphatic rings. The SMILES string of the molecule is N[C@@H](Cc1ccc(OCc2ccccc2)cc1)C(=O)N(CC(=O)Nc1n[nH]c(=S)s1)C(=O)OCc1ccccc1. The van der Waals surface area contributed by atoms with E-state index in [2.05, 4.69) is 15.5 Å². The predicted molar refractivity (Wildman–Crippen MR) is 153 cm³/mol. The van der Waals surface area contributed by atoms with Crippen molar-refractivity contribution in [3.63, 3.8) is 0 Å². The van der Waals surface area contributed by atoms with Gasteiger partial charge in [0.05, 0.1) is 6.04 Å². The Morgan fingerprint density at radius 3 is 2.15 bits per heavy atom. The third kappa shape index (κ3) is 8.56. The van der Waals surface area contributed by atoms with Crippen molar-refractivity contribution >= 4 is 46.6 Å². The molecule has 3 aromatic carbocycles. The Kier molecular flexibility index (Phi) is 10.1. The van der Waals surface area contributed by atoms with Crippen molar-refractivity contribution in [1.29, 1.82) is 0 Å². The minimum Gasteiger partial charge on any atom is -0.489 e. The second-order valence-electron chi connectivity index (χ2n) is 8.66. The van der Waals surface area contributed by atoms with Crippen LogP contribution in [0.5, 0.6) is 5.75 Å². The smallest absolute Gasteiger partial charge is 0.417 e. The van der Waals surface area contributed by atoms with Crippen LogP contribution in [-0.4, -0.2) is 45.6 Å². The lowest BCUT2D eigenvalue weighted by atomic mass is 10.1. The van der Waals surface area contributed by atoms with Gasteiger partial charge in [0.2, 0.25) is 16.9 Å². The number of ether oxygens (including phenoxy) is 2. The normalized spacial score (nSPS) is 11.3. The van der Waals surface area contributed by atoms with Crippen molar-refractivity contribution in [2.45, 2.75) is 25.7 Å². The Bertz CT molecular complexity index is 1480. The number of hydrogen-bond donors (Lipinski definition) is 3. The first-order chi connectivity index (χ1) is 19.4. The molecule has 12 heteroatoms. The zero-order valence-electron chi connectivity index (χ0n) is 21.3. The third-order valence-corrected chi connectivity index (χ3v) is 6.63. The van der Waals surface area contributed by atoms with Crippen molar-refractivity contribution < 1.29 is 23.9 Å². The fourth-order valence-corrected chi connectivity index (χ4v) is 4.42. The molecule has 0 fully saturated rings. The lowest BCUT2D eigenvalue weighted by Gasteiger charge is -2.23. The van der Waals surface area contributed by atoms with Gasteiger partial charge in [0.1, 0.15) is 25.5 Å². The van der Waals surface area contributed by atoms with Crippen molar-refractivity contribution in [3.05, 3.63) is 106 Å². The number of nitrogens with one attached hydrogen (secondary N) is 2. The average molecular weight is 578 g/mol. The molecule has 0 unspecified atom stereocenters. The molecular weight excluding hydrogens is 550 g/mol. The third-order valence-electron chi connectivity index (χ3n) is 5.62. The number of carbonyl (C=O) groups is 3. The average Bonchev–Trinajstić information content (AvgIpc) is 3.39. The predicted octanol–water partition coefficient (Wildman–Crippen LogP) is 4.45. The van der Waals surface area contributed by atoms with Crippen LogP contribution >= 0.6 is 23.6 Å². The number of rotatable bonds is 11. The first kappa shape index (κ1) is 28.6. The Morgan fingerprint density at radius 2 is 1.55 bits per heavy atom. The lowest BCUT2D eigenvalue weighted by molar-refractivity contribution is -0.134. The summed E-state index contributed by atoms with van der Waals surface area (Å²) in [6.07, 6.45) is -0.860. The Labute approximate surface area is 239 Å². The summed E-state index contributed by atoms with van der Waals surface area (Å²) >= 11 is 6.01.